The van der Waals surface area contributed by atoms with Gasteiger partial charge in [0.25, 0.3) is 0 Å². The number of nitrogens with two attached hydrogens (primary N) is 1. The lowest BCUT2D eigenvalue weighted by molar-refractivity contribution is 0.111. The van der Waals surface area contributed by atoms with Crippen LogP contribution in [0.4, 0.5) is 0 Å². The first-order chi connectivity index (χ1) is 16.3. The summed E-state index contributed by atoms with van der Waals surface area (Å²) in [6, 6.07) is 0. The van der Waals surface area contributed by atoms with Gasteiger partial charge in [0.1, 0.15) is 0 Å². The number of carbonyl (C=O) groups excluding carboxylic acids is 1. The fourth-order valence-electron chi connectivity index (χ4n) is 4.56. The first kappa shape index (κ1) is 29.7. The third kappa shape index (κ3) is 9.13. The van der Waals surface area contributed by atoms with E-state index in [1.165, 1.54) is 41.5 Å². The van der Waals surface area contributed by atoms with Crippen LogP contribution in [0.15, 0.2) is 46.7 Å². The van der Waals surface area contributed by atoms with Gasteiger partial charge in [-0.2, -0.15) is 0 Å². The van der Waals surface area contributed by atoms with Gasteiger partial charge in [0, 0.05) is 30.8 Å². The number of aromatic nitrogens is 1. The second kappa shape index (κ2) is 16.3. The van der Waals surface area contributed by atoms with Crippen molar-refractivity contribution in [2.24, 2.45) is 5.73 Å². The van der Waals surface area contributed by atoms with Gasteiger partial charge in [-0.25, -0.2) is 0 Å². The maximum absolute atomic E-state index is 11.6. The van der Waals surface area contributed by atoms with Crippen LogP contribution in [0.5, 0.6) is 0 Å². The monoisotopic (exact) mass is 468 g/mol. The van der Waals surface area contributed by atoms with E-state index >= 15 is 0 Å². The second-order valence-electron chi connectivity index (χ2n) is 9.23. The van der Waals surface area contributed by atoms with Gasteiger partial charge in [0.05, 0.1) is 5.69 Å². The summed E-state index contributed by atoms with van der Waals surface area (Å²) >= 11 is 0. The van der Waals surface area contributed by atoms with Gasteiger partial charge in [-0.05, 0) is 80.2 Å². The van der Waals surface area contributed by atoms with Crippen LogP contribution in [-0.4, -0.2) is 23.0 Å². The third-order valence-electron chi connectivity index (χ3n) is 6.69. The number of rotatable bonds is 17. The van der Waals surface area contributed by atoms with Crippen molar-refractivity contribution in [2.75, 3.05) is 6.61 Å². The van der Waals surface area contributed by atoms with Gasteiger partial charge in [-0.1, -0.05) is 64.3 Å². The Kier molecular flexibility index (Phi) is 14.3. The number of aldehydes is 1. The van der Waals surface area contributed by atoms with E-state index in [-0.39, 0.29) is 6.61 Å². The number of H-pyrrole nitrogens is 1. The van der Waals surface area contributed by atoms with E-state index in [1.54, 1.807) is 0 Å². The number of hydrogen-bond donors (Lipinski definition) is 3. The molecule has 0 amide bonds. The Hall–Kier alpha value is -2.33. The Balaban J connectivity index is 3.15. The smallest absolute Gasteiger partial charge is 0.166 e. The van der Waals surface area contributed by atoms with Crippen molar-refractivity contribution in [3.63, 3.8) is 0 Å². The molecule has 4 N–H and O–H groups in total. The van der Waals surface area contributed by atoms with Crippen LogP contribution < -0.4 is 5.73 Å². The third-order valence-corrected chi connectivity index (χ3v) is 6.69. The van der Waals surface area contributed by atoms with Crippen molar-refractivity contribution < 1.29 is 9.90 Å². The fraction of sp³-hybridized carbons (Fsp3) is 0.567. The van der Waals surface area contributed by atoms with E-state index in [0.29, 0.717) is 12.1 Å². The zero-order valence-corrected chi connectivity index (χ0v) is 22.4. The largest absolute Gasteiger partial charge is 0.402 e. The lowest BCUT2D eigenvalue weighted by Gasteiger charge is -2.14. The molecule has 0 bridgehead atoms. The summed E-state index contributed by atoms with van der Waals surface area (Å²) in [5.41, 5.74) is 16.4. The van der Waals surface area contributed by atoms with Crippen LogP contribution in [0, 0.1) is 6.92 Å². The summed E-state index contributed by atoms with van der Waals surface area (Å²) in [5, 5.41) is 9.16. The minimum Gasteiger partial charge on any atom is -0.402 e. The quantitative estimate of drug-likeness (QED) is 0.126. The number of aromatic amines is 1. The zero-order valence-electron chi connectivity index (χ0n) is 22.4. The molecule has 0 fully saturated rings. The number of unbranched alkanes of at least 4 members (excludes halogenated alkanes) is 3. The van der Waals surface area contributed by atoms with E-state index in [2.05, 4.69) is 51.4 Å². The molecular formula is C30H48N2O2. The van der Waals surface area contributed by atoms with Crippen LogP contribution in [0.3, 0.4) is 0 Å². The van der Waals surface area contributed by atoms with Crippen molar-refractivity contribution in [3.8, 4) is 0 Å². The lowest BCUT2D eigenvalue weighted by atomic mass is 9.94. The molecule has 0 saturated heterocycles. The molecule has 0 unspecified atom stereocenters. The molecule has 0 radical (unpaired) electrons. The molecule has 190 valence electrons. The Bertz CT molecular complexity index is 884. The molecule has 34 heavy (non-hydrogen) atoms. The standard InChI is InChI=1S/C30H48N2O2/c1-7-10-11-12-15-27-23(6)30(21-34)32-29(27)19-17-24(8-2)26(9-3)28(31)18-16-25(22(4)5)14-13-20-33/h16-17,21,32-33H,4,7-15,18-20,31H2,1-3,5-6H3/b24-17+,25-16+,28-26-. The number of aliphatic hydroxyl groups excluding tert-OH is 1. The molecule has 4 heteroatoms. The zero-order chi connectivity index (χ0) is 25.5. The van der Waals surface area contributed by atoms with Crippen LogP contribution in [0.2, 0.25) is 0 Å². The van der Waals surface area contributed by atoms with Crippen molar-refractivity contribution >= 4 is 6.29 Å². The average molecular weight is 469 g/mol. The molecule has 0 atom stereocenters. The Morgan fingerprint density at radius 1 is 1.06 bits per heavy atom. The number of carbonyl (C=O) groups is 1. The molecule has 1 rings (SSSR count). The van der Waals surface area contributed by atoms with Crippen LogP contribution in [-0.2, 0) is 12.8 Å². The summed E-state index contributed by atoms with van der Waals surface area (Å²) < 4.78 is 0. The summed E-state index contributed by atoms with van der Waals surface area (Å²) in [7, 11) is 0. The fourth-order valence-corrected chi connectivity index (χ4v) is 4.56. The lowest BCUT2D eigenvalue weighted by Crippen LogP contribution is -2.05. The molecule has 0 saturated carbocycles. The molecule has 1 aromatic rings. The number of hydrogen-bond acceptors (Lipinski definition) is 3. The molecule has 4 nitrogen and oxygen atoms in total. The first-order valence-corrected chi connectivity index (χ1v) is 13.1. The normalized spacial score (nSPS) is 13.2. The van der Waals surface area contributed by atoms with Crippen LogP contribution in [0.1, 0.15) is 113 Å². The van der Waals surface area contributed by atoms with Gasteiger partial charge >= 0.3 is 0 Å². The topological polar surface area (TPSA) is 79.1 Å². The Morgan fingerprint density at radius 2 is 1.79 bits per heavy atom. The first-order valence-electron chi connectivity index (χ1n) is 13.1. The van der Waals surface area contributed by atoms with E-state index in [1.807, 2.05) is 6.92 Å². The van der Waals surface area contributed by atoms with Crippen LogP contribution in [0.25, 0.3) is 0 Å². The van der Waals surface area contributed by atoms with Crippen molar-refractivity contribution in [2.45, 2.75) is 105 Å². The van der Waals surface area contributed by atoms with Gasteiger partial charge < -0.3 is 15.8 Å². The highest BCUT2D eigenvalue weighted by Crippen LogP contribution is 2.26. The summed E-state index contributed by atoms with van der Waals surface area (Å²) in [6.45, 7) is 14.9. The molecule has 0 spiro atoms. The molecule has 1 heterocycles. The SMILES string of the molecule is C=C(C)/C(=C/C/C(N)=C(CC)/C(=C/Cc1[nH]c(C=O)c(C)c1CCCCCC)CC)CCCO. The highest BCUT2D eigenvalue weighted by Gasteiger charge is 2.14. The second-order valence-corrected chi connectivity index (χ2v) is 9.23. The van der Waals surface area contributed by atoms with Crippen molar-refractivity contribution in [3.05, 3.63) is 69.2 Å². The van der Waals surface area contributed by atoms with E-state index in [9.17, 15) is 4.79 Å². The number of aliphatic hydroxyl groups is 1. The summed E-state index contributed by atoms with van der Waals surface area (Å²) in [4.78, 5) is 14.9. The molecule has 0 aliphatic rings. The van der Waals surface area contributed by atoms with Crippen molar-refractivity contribution in [1.82, 2.24) is 4.98 Å². The molecule has 0 aliphatic carbocycles. The van der Waals surface area contributed by atoms with Gasteiger partial charge in [0.2, 0.25) is 0 Å². The van der Waals surface area contributed by atoms with Gasteiger partial charge in [-0.15, -0.1) is 0 Å². The highest BCUT2D eigenvalue weighted by atomic mass is 16.2. The molecule has 1 aromatic heterocycles. The van der Waals surface area contributed by atoms with Gasteiger partial charge in [0.15, 0.2) is 6.29 Å². The molecule has 0 aromatic carbocycles. The average Bonchev–Trinajstić information content (AvgIpc) is 3.13. The van der Waals surface area contributed by atoms with Crippen molar-refractivity contribution in [1.29, 1.82) is 0 Å². The van der Waals surface area contributed by atoms with E-state index in [0.717, 1.165) is 73.8 Å². The predicted molar refractivity (Wildman–Crippen MR) is 146 cm³/mol. The molecular weight excluding hydrogens is 420 g/mol. The van der Waals surface area contributed by atoms with Crippen LogP contribution >= 0.6 is 0 Å². The maximum Gasteiger partial charge on any atom is 0.166 e. The molecule has 0 aliphatic heterocycles. The highest BCUT2D eigenvalue weighted by molar-refractivity contribution is 5.76. The Morgan fingerprint density at radius 3 is 2.35 bits per heavy atom. The van der Waals surface area contributed by atoms with E-state index < -0.39 is 0 Å². The summed E-state index contributed by atoms with van der Waals surface area (Å²) in [6.07, 6.45) is 16.1. The minimum absolute atomic E-state index is 0.184. The number of allylic oxidation sites excluding steroid dienone is 6. The maximum atomic E-state index is 11.6. The number of nitrogens with one attached hydrogen (secondary N) is 1. The van der Waals surface area contributed by atoms with Gasteiger partial charge in [-0.3, -0.25) is 4.79 Å². The van der Waals surface area contributed by atoms with E-state index in [4.69, 9.17) is 10.8 Å². The summed E-state index contributed by atoms with van der Waals surface area (Å²) in [5.74, 6) is 0. The minimum atomic E-state index is 0.184. The Labute approximate surface area is 208 Å². The predicted octanol–water partition coefficient (Wildman–Crippen LogP) is 7.43.